The average molecular weight is 164 g/mol. The summed E-state index contributed by atoms with van der Waals surface area (Å²) in [5, 5.41) is 8.27. The largest absolute Gasteiger partial charge is 0.392 e. The molecular weight excluding hydrogens is 150 g/mol. The third-order valence-corrected chi connectivity index (χ3v) is 1.42. The van der Waals surface area contributed by atoms with Crippen LogP contribution in [0.2, 0.25) is 0 Å². The van der Waals surface area contributed by atoms with Gasteiger partial charge in [0.15, 0.2) is 0 Å². The second kappa shape index (κ2) is 6.28. The lowest BCUT2D eigenvalue weighted by Gasteiger charge is -2.08. The van der Waals surface area contributed by atoms with Crippen LogP contribution in [0.1, 0.15) is 19.8 Å². The maximum absolute atomic E-state index is 12.6. The third kappa shape index (κ3) is 4.90. The molecule has 0 aliphatic heterocycles. The summed E-state index contributed by atoms with van der Waals surface area (Å²) in [7, 11) is 0. The summed E-state index contributed by atoms with van der Waals surface area (Å²) < 4.78 is 25.1. The number of rotatable bonds is 5. The highest BCUT2D eigenvalue weighted by molar-refractivity contribution is 4.85. The van der Waals surface area contributed by atoms with E-state index in [0.29, 0.717) is 0 Å². The standard InChI is InChI=1S/C8H14F2O/c1-2-7(9)8(10)5-3-4-6-11/h3-4,7-8,11H,2,5-6H2,1H3. The molecule has 0 aromatic carbocycles. The molecule has 0 heterocycles. The molecule has 0 radical (unpaired) electrons. The highest BCUT2D eigenvalue weighted by Gasteiger charge is 2.15. The minimum absolute atomic E-state index is 0.0512. The van der Waals surface area contributed by atoms with Crippen LogP contribution >= 0.6 is 0 Å². The number of aliphatic hydroxyl groups is 1. The highest BCUT2D eigenvalue weighted by atomic mass is 19.2. The van der Waals surface area contributed by atoms with Crippen molar-refractivity contribution < 1.29 is 13.9 Å². The molecule has 0 rings (SSSR count). The van der Waals surface area contributed by atoms with Crippen molar-refractivity contribution >= 4 is 0 Å². The summed E-state index contributed by atoms with van der Waals surface area (Å²) in [6.07, 6.45) is 0.312. The van der Waals surface area contributed by atoms with E-state index in [9.17, 15) is 8.78 Å². The fourth-order valence-electron chi connectivity index (χ4n) is 0.704. The van der Waals surface area contributed by atoms with E-state index in [2.05, 4.69) is 0 Å². The van der Waals surface area contributed by atoms with Crippen molar-refractivity contribution in [1.82, 2.24) is 0 Å². The molecule has 2 atom stereocenters. The average Bonchev–Trinajstić information content (AvgIpc) is 2.03. The zero-order valence-corrected chi connectivity index (χ0v) is 6.63. The molecule has 66 valence electrons. The van der Waals surface area contributed by atoms with E-state index in [1.54, 1.807) is 6.92 Å². The van der Waals surface area contributed by atoms with Crippen LogP contribution in [-0.4, -0.2) is 24.1 Å². The molecule has 1 N–H and O–H groups in total. The monoisotopic (exact) mass is 164 g/mol. The fourth-order valence-corrected chi connectivity index (χ4v) is 0.704. The van der Waals surface area contributed by atoms with Crippen LogP contribution in [0.15, 0.2) is 12.2 Å². The van der Waals surface area contributed by atoms with Crippen molar-refractivity contribution in [2.45, 2.75) is 32.1 Å². The van der Waals surface area contributed by atoms with Gasteiger partial charge in [-0.3, -0.25) is 0 Å². The molecule has 0 saturated carbocycles. The predicted octanol–water partition coefficient (Wildman–Crippen LogP) is 2.01. The molecule has 0 fully saturated rings. The molecular formula is C8H14F2O. The van der Waals surface area contributed by atoms with E-state index < -0.39 is 12.3 Å². The summed E-state index contributed by atoms with van der Waals surface area (Å²) >= 11 is 0. The van der Waals surface area contributed by atoms with Gasteiger partial charge in [0.05, 0.1) is 6.61 Å². The first-order valence-electron chi connectivity index (χ1n) is 3.76. The summed E-state index contributed by atoms with van der Waals surface area (Å²) in [5.41, 5.74) is 0. The van der Waals surface area contributed by atoms with E-state index in [1.807, 2.05) is 0 Å². The number of aliphatic hydroxyl groups excluding tert-OH is 1. The molecule has 1 nitrogen and oxygen atoms in total. The molecule has 2 unspecified atom stereocenters. The molecule has 0 aliphatic rings. The Labute approximate surface area is 65.7 Å². The van der Waals surface area contributed by atoms with Gasteiger partial charge in [-0.2, -0.15) is 0 Å². The lowest BCUT2D eigenvalue weighted by Crippen LogP contribution is -2.14. The smallest absolute Gasteiger partial charge is 0.135 e. The SMILES string of the molecule is CCC(F)C(F)CC=CCO. The number of alkyl halides is 2. The van der Waals surface area contributed by atoms with Crippen LogP contribution in [-0.2, 0) is 0 Å². The van der Waals surface area contributed by atoms with Gasteiger partial charge >= 0.3 is 0 Å². The normalized spacial score (nSPS) is 17.1. The zero-order chi connectivity index (χ0) is 8.69. The Morgan fingerprint density at radius 3 is 2.36 bits per heavy atom. The van der Waals surface area contributed by atoms with Crippen molar-refractivity contribution in [3.05, 3.63) is 12.2 Å². The Balaban J connectivity index is 3.50. The minimum Gasteiger partial charge on any atom is -0.392 e. The van der Waals surface area contributed by atoms with Crippen LogP contribution in [0.5, 0.6) is 0 Å². The van der Waals surface area contributed by atoms with Crippen LogP contribution in [0.25, 0.3) is 0 Å². The zero-order valence-electron chi connectivity index (χ0n) is 6.63. The van der Waals surface area contributed by atoms with E-state index in [1.165, 1.54) is 12.2 Å². The van der Waals surface area contributed by atoms with Gasteiger partial charge in [-0.1, -0.05) is 19.1 Å². The van der Waals surface area contributed by atoms with Gasteiger partial charge in [-0.25, -0.2) is 8.78 Å². The second-order valence-electron chi connectivity index (χ2n) is 2.33. The Kier molecular flexibility index (Phi) is 6.03. The molecule has 0 saturated heterocycles. The Bertz CT molecular complexity index is 115. The van der Waals surface area contributed by atoms with Crippen molar-refractivity contribution in [1.29, 1.82) is 0 Å². The molecule has 0 amide bonds. The highest BCUT2D eigenvalue weighted by Crippen LogP contribution is 2.11. The molecule has 0 aliphatic carbocycles. The lowest BCUT2D eigenvalue weighted by molar-refractivity contribution is 0.164. The second-order valence-corrected chi connectivity index (χ2v) is 2.33. The van der Waals surface area contributed by atoms with E-state index in [4.69, 9.17) is 5.11 Å². The van der Waals surface area contributed by atoms with E-state index in [-0.39, 0.29) is 19.4 Å². The van der Waals surface area contributed by atoms with Crippen molar-refractivity contribution in [3.63, 3.8) is 0 Å². The first-order chi connectivity index (χ1) is 5.22. The quantitative estimate of drug-likeness (QED) is 0.616. The molecule has 11 heavy (non-hydrogen) atoms. The molecule has 0 bridgehead atoms. The van der Waals surface area contributed by atoms with Gasteiger partial charge in [0.1, 0.15) is 12.3 Å². The van der Waals surface area contributed by atoms with Gasteiger partial charge < -0.3 is 5.11 Å². The lowest BCUT2D eigenvalue weighted by atomic mass is 10.1. The van der Waals surface area contributed by atoms with Crippen molar-refractivity contribution in [3.8, 4) is 0 Å². The topological polar surface area (TPSA) is 20.2 Å². The van der Waals surface area contributed by atoms with Gasteiger partial charge in [-0.15, -0.1) is 0 Å². The molecule has 0 aromatic heterocycles. The Hall–Kier alpha value is -0.440. The van der Waals surface area contributed by atoms with Gasteiger partial charge in [-0.05, 0) is 12.8 Å². The number of halogens is 2. The molecule has 3 heteroatoms. The maximum atomic E-state index is 12.6. The summed E-state index contributed by atoms with van der Waals surface area (Å²) in [6, 6.07) is 0. The van der Waals surface area contributed by atoms with Gasteiger partial charge in [0.2, 0.25) is 0 Å². The van der Waals surface area contributed by atoms with Crippen LogP contribution in [0.4, 0.5) is 8.78 Å². The van der Waals surface area contributed by atoms with Crippen LogP contribution in [0.3, 0.4) is 0 Å². The van der Waals surface area contributed by atoms with Crippen molar-refractivity contribution in [2.24, 2.45) is 0 Å². The minimum atomic E-state index is -1.43. The van der Waals surface area contributed by atoms with E-state index >= 15 is 0 Å². The first-order valence-corrected chi connectivity index (χ1v) is 3.76. The Morgan fingerprint density at radius 1 is 1.27 bits per heavy atom. The van der Waals surface area contributed by atoms with Crippen LogP contribution in [0, 0.1) is 0 Å². The van der Waals surface area contributed by atoms with Crippen molar-refractivity contribution in [2.75, 3.05) is 6.61 Å². The third-order valence-electron chi connectivity index (χ3n) is 1.42. The number of hydrogen-bond donors (Lipinski definition) is 1. The van der Waals surface area contributed by atoms with Gasteiger partial charge in [0, 0.05) is 0 Å². The number of hydrogen-bond acceptors (Lipinski definition) is 1. The van der Waals surface area contributed by atoms with Gasteiger partial charge in [0.25, 0.3) is 0 Å². The van der Waals surface area contributed by atoms with Crippen LogP contribution < -0.4 is 0 Å². The fraction of sp³-hybridized carbons (Fsp3) is 0.750. The maximum Gasteiger partial charge on any atom is 0.135 e. The Morgan fingerprint density at radius 2 is 1.91 bits per heavy atom. The summed E-state index contributed by atoms with van der Waals surface area (Å²) in [5.74, 6) is 0. The summed E-state index contributed by atoms with van der Waals surface area (Å²) in [4.78, 5) is 0. The number of allylic oxidation sites excluding steroid dienone is 1. The van der Waals surface area contributed by atoms with E-state index in [0.717, 1.165) is 0 Å². The summed E-state index contributed by atoms with van der Waals surface area (Å²) in [6.45, 7) is 1.49. The predicted molar refractivity (Wildman–Crippen MR) is 40.9 cm³/mol. The first kappa shape index (κ1) is 10.6. The molecule has 0 spiro atoms. The molecule has 0 aromatic rings.